The molecule has 4 nitrogen and oxygen atoms in total. The van der Waals surface area contributed by atoms with Crippen LogP contribution >= 0.6 is 11.8 Å². The zero-order valence-corrected chi connectivity index (χ0v) is 14.1. The van der Waals surface area contributed by atoms with Gasteiger partial charge >= 0.3 is 0 Å². The smallest absolute Gasteiger partial charge is 0.162 e. The number of hydrogen-bond donors (Lipinski definition) is 0. The lowest BCUT2D eigenvalue weighted by molar-refractivity contribution is 0.413. The molecule has 0 aliphatic carbocycles. The second kappa shape index (κ2) is 6.79. The van der Waals surface area contributed by atoms with Crippen LogP contribution in [-0.4, -0.2) is 22.1 Å². The highest BCUT2D eigenvalue weighted by atomic mass is 32.2. The third-order valence-corrected chi connectivity index (χ3v) is 4.60. The van der Waals surface area contributed by atoms with Crippen LogP contribution in [0.3, 0.4) is 0 Å². The second-order valence-corrected chi connectivity index (χ2v) is 6.15. The average molecular weight is 323 g/mol. The molecule has 0 saturated carbocycles. The Morgan fingerprint density at radius 2 is 1.91 bits per heavy atom. The zero-order chi connectivity index (χ0) is 16.2. The first-order valence-corrected chi connectivity index (χ1v) is 8.06. The summed E-state index contributed by atoms with van der Waals surface area (Å²) in [7, 11) is 1.67. The highest BCUT2D eigenvalue weighted by Crippen LogP contribution is 2.32. The van der Waals surface area contributed by atoms with Crippen LogP contribution in [0, 0.1) is 13.8 Å². The van der Waals surface area contributed by atoms with E-state index in [0.717, 1.165) is 32.5 Å². The van der Waals surface area contributed by atoms with Crippen molar-refractivity contribution in [2.45, 2.75) is 23.8 Å². The van der Waals surface area contributed by atoms with Gasteiger partial charge in [0.05, 0.1) is 7.11 Å². The highest BCUT2D eigenvalue weighted by Gasteiger charge is 2.11. The normalized spacial score (nSPS) is 10.6. The molecule has 0 unspecified atom stereocenters. The van der Waals surface area contributed by atoms with Crippen LogP contribution in [0.1, 0.15) is 11.3 Å². The van der Waals surface area contributed by atoms with Gasteiger partial charge in [0.2, 0.25) is 0 Å². The van der Waals surface area contributed by atoms with Crippen LogP contribution in [0.4, 0.5) is 0 Å². The van der Waals surface area contributed by atoms with Crippen LogP contribution in [0.2, 0.25) is 0 Å². The topological polar surface area (TPSA) is 47.9 Å². The lowest BCUT2D eigenvalue weighted by atomic mass is 10.2. The summed E-state index contributed by atoms with van der Waals surface area (Å²) in [6.07, 6.45) is 3.53. The van der Waals surface area contributed by atoms with E-state index < -0.39 is 0 Å². The molecule has 0 aliphatic heterocycles. The van der Waals surface area contributed by atoms with Crippen molar-refractivity contribution in [2.75, 3.05) is 7.11 Å². The Morgan fingerprint density at radius 3 is 2.65 bits per heavy atom. The van der Waals surface area contributed by atoms with Gasteiger partial charge in [-0.05, 0) is 44.2 Å². The van der Waals surface area contributed by atoms with Crippen molar-refractivity contribution in [3.05, 3.63) is 60.0 Å². The van der Waals surface area contributed by atoms with Crippen LogP contribution in [-0.2, 0) is 0 Å². The van der Waals surface area contributed by atoms with E-state index in [4.69, 9.17) is 9.72 Å². The lowest BCUT2D eigenvalue weighted by Gasteiger charge is -2.10. The van der Waals surface area contributed by atoms with Crippen LogP contribution in [0.15, 0.2) is 58.7 Å². The number of aryl methyl sites for hydroxylation is 1. The fourth-order valence-corrected chi connectivity index (χ4v) is 3.08. The SMILES string of the molecule is COc1cccc(Sc2nc(-c3cccnc3)nc(C)c2C)c1. The average Bonchev–Trinajstić information content (AvgIpc) is 2.59. The Labute approximate surface area is 140 Å². The molecular formula is C18H17N3OS. The molecule has 0 aliphatic rings. The van der Waals surface area contributed by atoms with Crippen LogP contribution in [0.25, 0.3) is 11.4 Å². The van der Waals surface area contributed by atoms with Gasteiger partial charge in [-0.3, -0.25) is 4.98 Å². The highest BCUT2D eigenvalue weighted by molar-refractivity contribution is 7.99. The zero-order valence-electron chi connectivity index (χ0n) is 13.3. The first-order chi connectivity index (χ1) is 11.2. The predicted octanol–water partition coefficient (Wildman–Crippen LogP) is 4.32. The number of hydrogen-bond acceptors (Lipinski definition) is 5. The van der Waals surface area contributed by atoms with E-state index in [9.17, 15) is 0 Å². The number of methoxy groups -OCH3 is 1. The largest absolute Gasteiger partial charge is 0.497 e. The number of rotatable bonds is 4. The first-order valence-electron chi connectivity index (χ1n) is 7.25. The second-order valence-electron chi connectivity index (χ2n) is 5.09. The van der Waals surface area contributed by atoms with Crippen molar-refractivity contribution >= 4 is 11.8 Å². The molecule has 23 heavy (non-hydrogen) atoms. The molecule has 116 valence electrons. The Kier molecular flexibility index (Phi) is 4.57. The minimum absolute atomic E-state index is 0.701. The molecule has 0 bridgehead atoms. The summed E-state index contributed by atoms with van der Waals surface area (Å²) >= 11 is 1.62. The quantitative estimate of drug-likeness (QED) is 0.669. The van der Waals surface area contributed by atoms with Crippen LogP contribution < -0.4 is 4.74 Å². The fraction of sp³-hybridized carbons (Fsp3) is 0.167. The molecule has 2 heterocycles. The Morgan fingerprint density at radius 1 is 1.04 bits per heavy atom. The van der Waals surface area contributed by atoms with Gasteiger partial charge in [0.1, 0.15) is 10.8 Å². The molecule has 0 spiro atoms. The molecule has 5 heteroatoms. The maximum Gasteiger partial charge on any atom is 0.162 e. The number of nitrogens with zero attached hydrogens (tertiary/aromatic N) is 3. The number of aromatic nitrogens is 3. The summed E-state index contributed by atoms with van der Waals surface area (Å²) < 4.78 is 5.29. The lowest BCUT2D eigenvalue weighted by Crippen LogP contribution is -1.98. The van der Waals surface area contributed by atoms with E-state index in [1.807, 2.05) is 50.2 Å². The van der Waals surface area contributed by atoms with Gasteiger partial charge in [-0.2, -0.15) is 0 Å². The molecule has 3 rings (SSSR count). The van der Waals surface area contributed by atoms with E-state index in [1.165, 1.54) is 0 Å². The van der Waals surface area contributed by atoms with E-state index in [1.54, 1.807) is 31.3 Å². The molecule has 1 aromatic carbocycles. The van der Waals surface area contributed by atoms with E-state index in [0.29, 0.717) is 5.82 Å². The van der Waals surface area contributed by atoms with E-state index in [-0.39, 0.29) is 0 Å². The minimum atomic E-state index is 0.701. The summed E-state index contributed by atoms with van der Waals surface area (Å²) in [6.45, 7) is 4.05. The van der Waals surface area contributed by atoms with Crippen molar-refractivity contribution in [3.8, 4) is 17.1 Å². The molecule has 2 aromatic heterocycles. The van der Waals surface area contributed by atoms with Gasteiger partial charge in [0.15, 0.2) is 5.82 Å². The third-order valence-electron chi connectivity index (χ3n) is 3.52. The van der Waals surface area contributed by atoms with Crippen molar-refractivity contribution < 1.29 is 4.74 Å². The first kappa shape index (κ1) is 15.5. The number of ether oxygens (including phenoxy) is 1. The van der Waals surface area contributed by atoms with Gasteiger partial charge in [-0.15, -0.1) is 0 Å². The Bertz CT molecular complexity index is 822. The molecule has 0 fully saturated rings. The Balaban J connectivity index is 2.00. The molecule has 0 atom stereocenters. The maximum absolute atomic E-state index is 5.29. The molecule has 0 N–H and O–H groups in total. The van der Waals surface area contributed by atoms with Gasteiger partial charge in [-0.1, -0.05) is 17.8 Å². The maximum atomic E-state index is 5.29. The summed E-state index contributed by atoms with van der Waals surface area (Å²) in [4.78, 5) is 14.5. The summed E-state index contributed by atoms with van der Waals surface area (Å²) in [6, 6.07) is 11.8. The van der Waals surface area contributed by atoms with Crippen molar-refractivity contribution in [2.24, 2.45) is 0 Å². The van der Waals surface area contributed by atoms with Gasteiger partial charge < -0.3 is 4.74 Å². The van der Waals surface area contributed by atoms with Crippen molar-refractivity contribution in [1.82, 2.24) is 15.0 Å². The summed E-state index contributed by atoms with van der Waals surface area (Å²) in [5, 5.41) is 0.949. The van der Waals surface area contributed by atoms with Crippen molar-refractivity contribution in [3.63, 3.8) is 0 Å². The molecule has 3 aromatic rings. The van der Waals surface area contributed by atoms with Gasteiger partial charge in [0.25, 0.3) is 0 Å². The number of pyridine rings is 1. The summed E-state index contributed by atoms with van der Waals surface area (Å²) in [5.74, 6) is 1.54. The summed E-state index contributed by atoms with van der Waals surface area (Å²) in [5.41, 5.74) is 2.98. The van der Waals surface area contributed by atoms with Gasteiger partial charge in [-0.25, -0.2) is 9.97 Å². The molecule has 0 saturated heterocycles. The monoisotopic (exact) mass is 323 g/mol. The van der Waals surface area contributed by atoms with E-state index in [2.05, 4.69) is 9.97 Å². The van der Waals surface area contributed by atoms with E-state index >= 15 is 0 Å². The molecular weight excluding hydrogens is 306 g/mol. The fourth-order valence-electron chi connectivity index (χ4n) is 2.10. The molecule has 0 radical (unpaired) electrons. The predicted molar refractivity (Wildman–Crippen MR) is 91.9 cm³/mol. The standard InChI is InChI=1S/C18H17N3OS/c1-12-13(2)20-17(14-6-5-9-19-11-14)21-18(12)23-16-8-4-7-15(10-16)22-3/h4-11H,1-3H3. The Hall–Kier alpha value is -2.40. The van der Waals surface area contributed by atoms with Crippen LogP contribution in [0.5, 0.6) is 5.75 Å². The third kappa shape index (κ3) is 3.51. The van der Waals surface area contributed by atoms with Gasteiger partial charge in [0, 0.05) is 34.1 Å². The molecule has 0 amide bonds. The minimum Gasteiger partial charge on any atom is -0.497 e. The number of benzene rings is 1. The van der Waals surface area contributed by atoms with Crippen molar-refractivity contribution in [1.29, 1.82) is 0 Å².